The summed E-state index contributed by atoms with van der Waals surface area (Å²) in [6.07, 6.45) is 4.68. The van der Waals surface area contributed by atoms with Gasteiger partial charge in [0.05, 0.1) is 6.10 Å². The lowest BCUT2D eigenvalue weighted by Gasteiger charge is -2.24. The molecular formula is C15H30N2O. The first kappa shape index (κ1) is 14.3. The van der Waals surface area contributed by atoms with Crippen LogP contribution in [0.5, 0.6) is 0 Å². The van der Waals surface area contributed by atoms with Gasteiger partial charge in [0.25, 0.3) is 0 Å². The SMILES string of the molecule is CC1CC(NCC(O)CC(C)(C)C)CN1C1CC1. The fourth-order valence-electron chi connectivity index (χ4n) is 3.20. The summed E-state index contributed by atoms with van der Waals surface area (Å²) in [5.41, 5.74) is 0.212. The van der Waals surface area contributed by atoms with Gasteiger partial charge in [-0.05, 0) is 38.0 Å². The van der Waals surface area contributed by atoms with Gasteiger partial charge in [0.2, 0.25) is 0 Å². The van der Waals surface area contributed by atoms with Crippen molar-refractivity contribution < 1.29 is 5.11 Å². The highest BCUT2D eigenvalue weighted by molar-refractivity contribution is 4.96. The Labute approximate surface area is 112 Å². The Morgan fingerprint density at radius 2 is 2.00 bits per heavy atom. The summed E-state index contributed by atoms with van der Waals surface area (Å²) < 4.78 is 0. The molecule has 1 aliphatic heterocycles. The van der Waals surface area contributed by atoms with Crippen LogP contribution in [0.2, 0.25) is 0 Å². The summed E-state index contributed by atoms with van der Waals surface area (Å²) in [6.45, 7) is 10.8. The van der Waals surface area contributed by atoms with E-state index >= 15 is 0 Å². The van der Waals surface area contributed by atoms with Crippen LogP contribution in [0.25, 0.3) is 0 Å². The van der Waals surface area contributed by atoms with Crippen LogP contribution in [-0.2, 0) is 0 Å². The molecule has 2 aliphatic rings. The Bertz CT molecular complexity index is 270. The zero-order valence-electron chi connectivity index (χ0n) is 12.4. The number of rotatable bonds is 5. The first-order chi connectivity index (χ1) is 8.35. The van der Waals surface area contributed by atoms with E-state index < -0.39 is 0 Å². The summed E-state index contributed by atoms with van der Waals surface area (Å²) in [5.74, 6) is 0. The summed E-state index contributed by atoms with van der Waals surface area (Å²) >= 11 is 0. The molecule has 0 radical (unpaired) electrons. The van der Waals surface area contributed by atoms with E-state index in [1.165, 1.54) is 25.8 Å². The van der Waals surface area contributed by atoms with Crippen molar-refractivity contribution in [3.05, 3.63) is 0 Å². The van der Waals surface area contributed by atoms with Gasteiger partial charge in [0.15, 0.2) is 0 Å². The van der Waals surface area contributed by atoms with Crippen LogP contribution in [-0.4, -0.2) is 47.3 Å². The zero-order valence-corrected chi connectivity index (χ0v) is 12.4. The second kappa shape index (κ2) is 5.48. The van der Waals surface area contributed by atoms with Crippen LogP contribution in [0.1, 0.15) is 53.4 Å². The fraction of sp³-hybridized carbons (Fsp3) is 1.00. The van der Waals surface area contributed by atoms with Crippen molar-refractivity contribution in [3.63, 3.8) is 0 Å². The molecule has 0 aromatic heterocycles. The number of likely N-dealkylation sites (tertiary alicyclic amines) is 1. The van der Waals surface area contributed by atoms with Gasteiger partial charge in [-0.1, -0.05) is 20.8 Å². The van der Waals surface area contributed by atoms with Gasteiger partial charge in [0, 0.05) is 31.2 Å². The lowest BCUT2D eigenvalue weighted by atomic mass is 9.89. The average molecular weight is 254 g/mol. The van der Waals surface area contributed by atoms with Crippen LogP contribution in [0.15, 0.2) is 0 Å². The first-order valence-electron chi connectivity index (χ1n) is 7.52. The minimum absolute atomic E-state index is 0.212. The molecule has 0 bridgehead atoms. The summed E-state index contributed by atoms with van der Waals surface area (Å²) in [7, 11) is 0. The topological polar surface area (TPSA) is 35.5 Å². The minimum Gasteiger partial charge on any atom is -0.392 e. The van der Waals surface area contributed by atoms with Crippen LogP contribution in [0.4, 0.5) is 0 Å². The van der Waals surface area contributed by atoms with E-state index in [1.807, 2.05) is 0 Å². The van der Waals surface area contributed by atoms with Gasteiger partial charge >= 0.3 is 0 Å². The van der Waals surface area contributed by atoms with Gasteiger partial charge in [-0.15, -0.1) is 0 Å². The number of hydrogen-bond acceptors (Lipinski definition) is 3. The number of nitrogens with zero attached hydrogens (tertiary/aromatic N) is 1. The standard InChI is InChI=1S/C15H30N2O/c1-11-7-12(10-17(11)13-5-6-13)16-9-14(18)8-15(2,3)4/h11-14,16,18H,5-10H2,1-4H3. The second-order valence-electron chi connectivity index (χ2n) is 7.54. The van der Waals surface area contributed by atoms with Gasteiger partial charge in [0.1, 0.15) is 0 Å². The maximum atomic E-state index is 10.0. The van der Waals surface area contributed by atoms with E-state index in [0.717, 1.165) is 25.0 Å². The summed E-state index contributed by atoms with van der Waals surface area (Å²) in [6, 6.07) is 2.16. The quantitative estimate of drug-likeness (QED) is 0.788. The molecule has 3 atom stereocenters. The van der Waals surface area contributed by atoms with E-state index in [4.69, 9.17) is 0 Å². The third kappa shape index (κ3) is 4.22. The number of hydrogen-bond donors (Lipinski definition) is 2. The van der Waals surface area contributed by atoms with Crippen molar-refractivity contribution in [2.24, 2.45) is 5.41 Å². The predicted molar refractivity (Wildman–Crippen MR) is 75.7 cm³/mol. The van der Waals surface area contributed by atoms with E-state index in [0.29, 0.717) is 6.04 Å². The highest BCUT2D eigenvalue weighted by atomic mass is 16.3. The van der Waals surface area contributed by atoms with Gasteiger partial charge in [-0.25, -0.2) is 0 Å². The van der Waals surface area contributed by atoms with Gasteiger partial charge < -0.3 is 10.4 Å². The van der Waals surface area contributed by atoms with E-state index in [9.17, 15) is 5.11 Å². The molecule has 0 amide bonds. The Morgan fingerprint density at radius 1 is 1.33 bits per heavy atom. The molecule has 2 fully saturated rings. The molecule has 1 heterocycles. The number of aliphatic hydroxyl groups excluding tert-OH is 1. The van der Waals surface area contributed by atoms with Gasteiger partial charge in [-0.2, -0.15) is 0 Å². The Balaban J connectivity index is 1.68. The molecule has 2 N–H and O–H groups in total. The normalized spacial score (nSPS) is 31.8. The van der Waals surface area contributed by atoms with Crippen molar-refractivity contribution in [2.45, 2.75) is 77.6 Å². The molecule has 0 aromatic carbocycles. The Morgan fingerprint density at radius 3 is 2.56 bits per heavy atom. The van der Waals surface area contributed by atoms with E-state index in [2.05, 4.69) is 37.9 Å². The zero-order chi connectivity index (χ0) is 13.3. The molecule has 18 heavy (non-hydrogen) atoms. The molecule has 2 rings (SSSR count). The van der Waals surface area contributed by atoms with Crippen LogP contribution in [0.3, 0.4) is 0 Å². The fourth-order valence-corrected chi connectivity index (χ4v) is 3.20. The number of aliphatic hydroxyl groups is 1. The first-order valence-corrected chi connectivity index (χ1v) is 7.52. The molecule has 0 spiro atoms. The molecular weight excluding hydrogens is 224 g/mol. The van der Waals surface area contributed by atoms with Crippen molar-refractivity contribution in [1.29, 1.82) is 0 Å². The van der Waals surface area contributed by atoms with E-state index in [-0.39, 0.29) is 11.5 Å². The van der Waals surface area contributed by atoms with Crippen molar-refractivity contribution in [2.75, 3.05) is 13.1 Å². The molecule has 1 aliphatic carbocycles. The Hall–Kier alpha value is -0.120. The lowest BCUT2D eigenvalue weighted by Crippen LogP contribution is -2.39. The largest absolute Gasteiger partial charge is 0.392 e. The summed E-state index contributed by atoms with van der Waals surface area (Å²) in [4.78, 5) is 2.65. The third-order valence-corrected chi connectivity index (χ3v) is 4.13. The second-order valence-corrected chi connectivity index (χ2v) is 7.54. The van der Waals surface area contributed by atoms with Crippen LogP contribution >= 0.6 is 0 Å². The monoisotopic (exact) mass is 254 g/mol. The van der Waals surface area contributed by atoms with Crippen molar-refractivity contribution in [1.82, 2.24) is 10.2 Å². The molecule has 3 nitrogen and oxygen atoms in total. The summed E-state index contributed by atoms with van der Waals surface area (Å²) in [5, 5.41) is 13.6. The smallest absolute Gasteiger partial charge is 0.0669 e. The molecule has 3 heteroatoms. The maximum Gasteiger partial charge on any atom is 0.0669 e. The van der Waals surface area contributed by atoms with Crippen molar-refractivity contribution >= 4 is 0 Å². The maximum absolute atomic E-state index is 10.0. The highest BCUT2D eigenvalue weighted by Gasteiger charge is 2.38. The molecule has 0 aromatic rings. The van der Waals surface area contributed by atoms with Gasteiger partial charge in [-0.3, -0.25) is 4.90 Å². The third-order valence-electron chi connectivity index (χ3n) is 4.13. The molecule has 106 valence electrons. The van der Waals surface area contributed by atoms with Crippen molar-refractivity contribution in [3.8, 4) is 0 Å². The van der Waals surface area contributed by atoms with Crippen LogP contribution < -0.4 is 5.32 Å². The van der Waals surface area contributed by atoms with E-state index in [1.54, 1.807) is 0 Å². The molecule has 3 unspecified atom stereocenters. The predicted octanol–water partition coefficient (Wildman–Crippen LogP) is 2.00. The van der Waals surface area contributed by atoms with Crippen LogP contribution in [0, 0.1) is 5.41 Å². The molecule has 1 saturated heterocycles. The minimum atomic E-state index is -0.213. The molecule has 1 saturated carbocycles. The Kier molecular flexibility index (Phi) is 4.35. The number of nitrogens with one attached hydrogen (secondary N) is 1. The lowest BCUT2D eigenvalue weighted by molar-refractivity contribution is 0.116. The average Bonchev–Trinajstić information content (AvgIpc) is 2.98. The highest BCUT2D eigenvalue weighted by Crippen LogP contribution is 2.33.